The van der Waals surface area contributed by atoms with E-state index in [0.29, 0.717) is 44.2 Å². The number of aromatic amines is 1. The van der Waals surface area contributed by atoms with E-state index in [1.54, 1.807) is 0 Å². The number of aliphatic hydroxyl groups excluding tert-OH is 1. The molecule has 8 amide bonds. The molecule has 7 atom stereocenters. The van der Waals surface area contributed by atoms with E-state index in [2.05, 4.69) is 47.2 Å². The Hall–Kier alpha value is -5.76. The number of unbranched alkanes of at least 4 members (excludes halogenated alkanes) is 3. The van der Waals surface area contributed by atoms with Crippen molar-refractivity contribution in [2.24, 2.45) is 34.6 Å². The summed E-state index contributed by atoms with van der Waals surface area (Å²) in [6, 6.07) is -8.99. The molecule has 368 valence electrons. The Morgan fingerprint density at radius 3 is 1.52 bits per heavy atom. The molecule has 0 aliphatic carbocycles. The molecule has 0 spiro atoms. The lowest BCUT2D eigenvalue weighted by Crippen LogP contribution is -2.60. The van der Waals surface area contributed by atoms with Crippen LogP contribution >= 0.6 is 0 Å². The number of aromatic nitrogens is 2. The summed E-state index contributed by atoms with van der Waals surface area (Å²) in [5, 5.41) is 37.1. The molecule has 65 heavy (non-hydrogen) atoms. The van der Waals surface area contributed by atoms with Crippen LogP contribution in [0.3, 0.4) is 0 Å². The van der Waals surface area contributed by atoms with Gasteiger partial charge in [0, 0.05) is 24.7 Å². The maximum Gasteiger partial charge on any atom is 0.326 e. The molecule has 0 saturated heterocycles. The fourth-order valence-corrected chi connectivity index (χ4v) is 6.36. The van der Waals surface area contributed by atoms with E-state index >= 15 is 0 Å². The third-order valence-corrected chi connectivity index (χ3v) is 9.96. The van der Waals surface area contributed by atoms with Gasteiger partial charge in [-0.15, -0.1) is 0 Å². The highest BCUT2D eigenvalue weighted by Gasteiger charge is 2.33. The highest BCUT2D eigenvalue weighted by atomic mass is 16.4. The fourth-order valence-electron chi connectivity index (χ4n) is 6.36. The van der Waals surface area contributed by atoms with Crippen molar-refractivity contribution in [3.05, 3.63) is 18.2 Å². The molecule has 25 nitrogen and oxygen atoms in total. The number of carbonyl (C=O) groups is 9. The summed E-state index contributed by atoms with van der Waals surface area (Å²) < 4.78 is 0. The van der Waals surface area contributed by atoms with Crippen molar-refractivity contribution in [3.63, 3.8) is 0 Å². The molecule has 0 aliphatic heterocycles. The lowest BCUT2D eigenvalue weighted by Gasteiger charge is -2.27. The number of carboxylic acids is 1. The van der Waals surface area contributed by atoms with Gasteiger partial charge in [-0.05, 0) is 96.2 Å². The second-order valence-electron chi connectivity index (χ2n) is 16.0. The summed E-state index contributed by atoms with van der Waals surface area (Å²) in [4.78, 5) is 123. The standard InChI is InChI=1S/C40H72N14O11/c1-23(2)17-30(53-34(58)25(44)18-24-19-46-22-48-24)38(62)51-28(11-5-8-16-43)37(61)54-31(21-55)39(63)52-27(10-4-7-15-42)36(60)50-26(9-3-6-14-41)35(59)47-20-33(57)49-29(40(64)65)12-13-32(45)56/h19,22-23,25-31,55H,3-18,20-21,41-44H2,1-2H3,(H2,45,56)(H,46,48)(H,47,59)(H,49,57)(H,50,60)(H,51,62)(H,52,63)(H,53,58)(H,54,61)(H,64,65)/t25-,26-,27-,28-,29-,30-,31-/m0/s1. The zero-order valence-corrected chi connectivity index (χ0v) is 37.4. The number of aliphatic carboxylic acids is 1. The van der Waals surface area contributed by atoms with E-state index in [1.807, 2.05) is 13.8 Å². The van der Waals surface area contributed by atoms with Crippen molar-refractivity contribution >= 4 is 53.2 Å². The molecule has 20 N–H and O–H groups in total. The van der Waals surface area contributed by atoms with E-state index in [9.17, 15) is 53.4 Å². The molecular formula is C40H72N14O11. The summed E-state index contributed by atoms with van der Waals surface area (Å²) in [5.41, 5.74) is 28.8. The smallest absolute Gasteiger partial charge is 0.326 e. The van der Waals surface area contributed by atoms with E-state index in [4.69, 9.17) is 28.7 Å². The van der Waals surface area contributed by atoms with Crippen LogP contribution in [0.4, 0.5) is 0 Å². The van der Waals surface area contributed by atoms with Crippen LogP contribution in [0.15, 0.2) is 12.5 Å². The first-order chi connectivity index (χ1) is 30.9. The van der Waals surface area contributed by atoms with Crippen molar-refractivity contribution in [2.75, 3.05) is 32.8 Å². The monoisotopic (exact) mass is 925 g/mol. The molecule has 0 unspecified atom stereocenters. The molecule has 0 fully saturated rings. The molecule has 0 radical (unpaired) electrons. The largest absolute Gasteiger partial charge is 0.480 e. The van der Waals surface area contributed by atoms with Crippen molar-refractivity contribution in [1.29, 1.82) is 0 Å². The van der Waals surface area contributed by atoms with Gasteiger partial charge in [-0.1, -0.05) is 13.8 Å². The number of carboxylic acid groups (broad SMARTS) is 1. The van der Waals surface area contributed by atoms with Crippen LogP contribution in [0.1, 0.15) is 96.6 Å². The molecule has 0 bridgehead atoms. The first-order valence-electron chi connectivity index (χ1n) is 21.9. The van der Waals surface area contributed by atoms with Crippen LogP contribution in [-0.2, 0) is 49.6 Å². The molecule has 0 saturated carbocycles. The number of nitrogens with two attached hydrogens (primary N) is 5. The van der Waals surface area contributed by atoms with Gasteiger partial charge in [0.15, 0.2) is 0 Å². The summed E-state index contributed by atoms with van der Waals surface area (Å²) in [7, 11) is 0. The number of hydrogen-bond acceptors (Lipinski definition) is 15. The Labute approximate surface area is 378 Å². The zero-order valence-electron chi connectivity index (χ0n) is 37.4. The predicted octanol–water partition coefficient (Wildman–Crippen LogP) is -4.92. The second-order valence-corrected chi connectivity index (χ2v) is 16.0. The summed E-state index contributed by atoms with van der Waals surface area (Å²) >= 11 is 0. The number of primary amides is 1. The molecule has 0 aromatic carbocycles. The first-order valence-corrected chi connectivity index (χ1v) is 21.9. The number of amides is 8. The Morgan fingerprint density at radius 2 is 1.09 bits per heavy atom. The number of carbonyl (C=O) groups excluding carboxylic acids is 8. The normalized spacial score (nSPS) is 14.3. The van der Waals surface area contributed by atoms with Crippen LogP contribution < -0.4 is 65.9 Å². The number of imidazole rings is 1. The van der Waals surface area contributed by atoms with Gasteiger partial charge in [0.05, 0.1) is 25.5 Å². The van der Waals surface area contributed by atoms with Crippen molar-refractivity contribution in [3.8, 4) is 0 Å². The Bertz CT molecular complexity index is 1670. The third kappa shape index (κ3) is 23.7. The van der Waals surface area contributed by atoms with Gasteiger partial charge in [-0.2, -0.15) is 0 Å². The van der Waals surface area contributed by atoms with Gasteiger partial charge in [0.1, 0.15) is 36.3 Å². The Balaban J connectivity index is 3.19. The van der Waals surface area contributed by atoms with Crippen molar-refractivity contribution < 1.29 is 53.4 Å². The van der Waals surface area contributed by atoms with Gasteiger partial charge in [-0.3, -0.25) is 38.4 Å². The average Bonchev–Trinajstić information content (AvgIpc) is 3.77. The van der Waals surface area contributed by atoms with Crippen molar-refractivity contribution in [1.82, 2.24) is 47.2 Å². The minimum atomic E-state index is -1.62. The number of H-pyrrole nitrogens is 1. The first kappa shape index (κ1) is 57.3. The molecule has 1 aromatic heterocycles. The Morgan fingerprint density at radius 1 is 0.631 bits per heavy atom. The molecule has 0 aliphatic rings. The van der Waals surface area contributed by atoms with Crippen LogP contribution in [0.25, 0.3) is 0 Å². The fraction of sp³-hybridized carbons (Fsp3) is 0.700. The van der Waals surface area contributed by atoms with Gasteiger partial charge in [-0.25, -0.2) is 9.78 Å². The predicted molar refractivity (Wildman–Crippen MR) is 236 cm³/mol. The maximum absolute atomic E-state index is 13.8. The topological polar surface area (TPSA) is 437 Å². The van der Waals surface area contributed by atoms with E-state index in [1.165, 1.54) is 12.5 Å². The summed E-state index contributed by atoms with van der Waals surface area (Å²) in [6.07, 6.45) is 5.33. The van der Waals surface area contributed by atoms with E-state index < -0.39 is 109 Å². The number of hydrogen-bond donors (Lipinski definition) is 15. The highest BCUT2D eigenvalue weighted by molar-refractivity contribution is 5.97. The summed E-state index contributed by atoms with van der Waals surface area (Å²) in [5.74, 6) is -7.89. The molecule has 1 aromatic rings. The van der Waals surface area contributed by atoms with E-state index in [-0.39, 0.29) is 70.5 Å². The molecule has 1 rings (SSSR count). The molecule has 25 heteroatoms. The van der Waals surface area contributed by atoms with Crippen LogP contribution in [0.5, 0.6) is 0 Å². The lowest BCUT2D eigenvalue weighted by molar-refractivity contribution is -0.142. The van der Waals surface area contributed by atoms with Crippen LogP contribution in [0.2, 0.25) is 0 Å². The molecular weight excluding hydrogens is 853 g/mol. The Kier molecular flexibility index (Phi) is 28.2. The van der Waals surface area contributed by atoms with Gasteiger partial charge in [0.2, 0.25) is 47.3 Å². The number of aliphatic hydroxyl groups is 1. The average molecular weight is 925 g/mol. The minimum Gasteiger partial charge on any atom is -0.480 e. The van der Waals surface area contributed by atoms with Gasteiger partial charge in [0.25, 0.3) is 0 Å². The van der Waals surface area contributed by atoms with Gasteiger partial charge >= 0.3 is 5.97 Å². The van der Waals surface area contributed by atoms with Crippen molar-refractivity contribution in [2.45, 2.75) is 140 Å². The lowest BCUT2D eigenvalue weighted by atomic mass is 10.0. The molecule has 1 heterocycles. The zero-order chi connectivity index (χ0) is 48.9. The van der Waals surface area contributed by atoms with E-state index in [0.717, 1.165) is 0 Å². The quantitative estimate of drug-likeness (QED) is 0.0284. The summed E-state index contributed by atoms with van der Waals surface area (Å²) in [6.45, 7) is 2.89. The highest BCUT2D eigenvalue weighted by Crippen LogP contribution is 2.10. The SMILES string of the molecule is CC(C)C[C@H](NC(=O)[C@@H](N)Cc1cnc[nH]1)C(=O)N[C@@H](CCCCN)C(=O)N[C@@H](CO)C(=O)N[C@@H](CCCCN)C(=O)N[C@@H](CCCCN)C(=O)NCC(=O)N[C@@H](CCC(N)=O)C(=O)O. The maximum atomic E-state index is 13.8. The minimum absolute atomic E-state index is 0.0224. The number of rotatable bonds is 35. The van der Waals surface area contributed by atoms with Gasteiger partial charge < -0.3 is 81.1 Å². The second kappa shape index (κ2) is 32.0. The number of nitrogens with one attached hydrogen (secondary N) is 8. The third-order valence-electron chi connectivity index (χ3n) is 9.96. The van der Waals surface area contributed by atoms with Crippen LogP contribution in [0, 0.1) is 5.92 Å². The number of nitrogens with zero attached hydrogens (tertiary/aromatic N) is 1. The van der Waals surface area contributed by atoms with Crippen LogP contribution in [-0.4, -0.2) is 148 Å².